The number of nitrogens with zero attached hydrogens (tertiary/aromatic N) is 1. The average molecular weight is 390 g/mol. The van der Waals surface area contributed by atoms with E-state index in [1.165, 1.54) is 4.90 Å². The Balaban J connectivity index is 1.70. The molecule has 0 bridgehead atoms. The number of Topliss-reactive ketones (excluding diaryl/α,β-unsaturated/α-hetero) is 1. The van der Waals surface area contributed by atoms with Gasteiger partial charge in [0.1, 0.15) is 6.10 Å². The van der Waals surface area contributed by atoms with E-state index in [1.54, 1.807) is 30.5 Å². The molecule has 3 aromatic rings. The fourth-order valence-corrected chi connectivity index (χ4v) is 5.39. The van der Waals surface area contributed by atoms with Crippen LogP contribution in [-0.2, 0) is 15.1 Å². The molecule has 0 aliphatic carbocycles. The maximum atomic E-state index is 13.9. The third-order valence-electron chi connectivity index (χ3n) is 6.55. The van der Waals surface area contributed by atoms with E-state index in [2.05, 4.69) is 4.98 Å². The number of benzene rings is 2. The number of ketones is 1. The molecule has 1 aromatic heterocycles. The minimum absolute atomic E-state index is 0.0525. The number of aliphatic hydroxyl groups is 2. The number of hydrogen-bond donors (Lipinski definition) is 3. The van der Waals surface area contributed by atoms with Crippen molar-refractivity contribution in [1.29, 1.82) is 0 Å². The molecule has 4 heterocycles. The van der Waals surface area contributed by atoms with Gasteiger partial charge < -0.3 is 19.9 Å². The van der Waals surface area contributed by atoms with Crippen LogP contribution in [0.1, 0.15) is 22.3 Å². The third kappa shape index (κ3) is 1.75. The zero-order valence-electron chi connectivity index (χ0n) is 15.3. The van der Waals surface area contributed by atoms with Crippen LogP contribution in [0.3, 0.4) is 0 Å². The number of nitrogens with one attached hydrogen (secondary N) is 1. The molecule has 0 spiro atoms. The highest BCUT2D eigenvalue weighted by Crippen LogP contribution is 2.59. The number of amides is 1. The van der Waals surface area contributed by atoms with Crippen LogP contribution in [0.5, 0.6) is 0 Å². The number of H-pyrrole nitrogens is 1. The van der Waals surface area contributed by atoms with Crippen molar-refractivity contribution in [2.45, 2.75) is 29.8 Å². The van der Waals surface area contributed by atoms with Crippen LogP contribution in [0.2, 0.25) is 0 Å². The van der Waals surface area contributed by atoms with Gasteiger partial charge in [-0.3, -0.25) is 14.5 Å². The second-order valence-electron chi connectivity index (χ2n) is 7.95. The van der Waals surface area contributed by atoms with Crippen molar-refractivity contribution in [2.24, 2.45) is 0 Å². The molecule has 2 saturated heterocycles. The first kappa shape index (κ1) is 16.9. The van der Waals surface area contributed by atoms with E-state index in [-0.39, 0.29) is 18.8 Å². The number of aromatic amines is 1. The Kier molecular flexibility index (Phi) is 3.11. The lowest BCUT2D eigenvalue weighted by Crippen LogP contribution is -2.52. The van der Waals surface area contributed by atoms with Crippen molar-refractivity contribution >= 4 is 28.3 Å². The number of anilines is 1. The van der Waals surface area contributed by atoms with Gasteiger partial charge in [0, 0.05) is 34.6 Å². The summed E-state index contributed by atoms with van der Waals surface area (Å²) in [5, 5.41) is 21.8. The number of fused-ring (bicyclic) bond motifs is 6. The van der Waals surface area contributed by atoms with E-state index in [0.717, 1.165) is 10.9 Å². The minimum atomic E-state index is -1.88. The summed E-state index contributed by atoms with van der Waals surface area (Å²) in [7, 11) is 0. The highest BCUT2D eigenvalue weighted by atomic mass is 16.5. The molecule has 0 radical (unpaired) electrons. The Labute approximate surface area is 165 Å². The Hall–Kier alpha value is -3.00. The van der Waals surface area contributed by atoms with Gasteiger partial charge in [-0.25, -0.2) is 0 Å². The Morgan fingerprint density at radius 2 is 1.90 bits per heavy atom. The minimum Gasteiger partial charge on any atom is -0.394 e. The van der Waals surface area contributed by atoms with E-state index in [0.29, 0.717) is 16.8 Å². The monoisotopic (exact) mass is 390 g/mol. The average Bonchev–Trinajstić information content (AvgIpc) is 3.43. The lowest BCUT2D eigenvalue weighted by atomic mass is 9.77. The lowest BCUT2D eigenvalue weighted by Gasteiger charge is -2.35. The highest BCUT2D eigenvalue weighted by Gasteiger charge is 2.77. The summed E-state index contributed by atoms with van der Waals surface area (Å²) in [5.74, 6) is -0.854. The molecule has 1 amide bonds. The predicted molar refractivity (Wildman–Crippen MR) is 104 cm³/mol. The number of para-hydroxylation sites is 2. The Morgan fingerprint density at radius 1 is 1.14 bits per heavy atom. The van der Waals surface area contributed by atoms with Gasteiger partial charge >= 0.3 is 0 Å². The van der Waals surface area contributed by atoms with Gasteiger partial charge in [0.2, 0.25) is 0 Å². The van der Waals surface area contributed by atoms with Gasteiger partial charge in [-0.15, -0.1) is 0 Å². The first-order chi connectivity index (χ1) is 14.0. The van der Waals surface area contributed by atoms with Gasteiger partial charge in [0.15, 0.2) is 16.9 Å². The molecule has 2 fully saturated rings. The summed E-state index contributed by atoms with van der Waals surface area (Å²) in [4.78, 5) is 32.0. The van der Waals surface area contributed by atoms with Gasteiger partial charge in [-0.05, 0) is 18.2 Å². The van der Waals surface area contributed by atoms with Crippen LogP contribution in [0, 0.1) is 0 Å². The molecule has 6 rings (SSSR count). The number of ether oxygens (including phenoxy) is 1. The molecular weight excluding hydrogens is 372 g/mol. The van der Waals surface area contributed by atoms with Crippen LogP contribution in [-0.4, -0.2) is 51.3 Å². The largest absolute Gasteiger partial charge is 0.394 e. The van der Waals surface area contributed by atoms with Gasteiger partial charge in [0.25, 0.3) is 5.91 Å². The summed E-state index contributed by atoms with van der Waals surface area (Å²) in [6.07, 6.45) is -0.174. The van der Waals surface area contributed by atoms with Crippen LogP contribution in [0.15, 0.2) is 54.7 Å². The second-order valence-corrected chi connectivity index (χ2v) is 7.95. The van der Waals surface area contributed by atoms with Crippen molar-refractivity contribution in [2.75, 3.05) is 11.5 Å². The Bertz CT molecular complexity index is 1200. The maximum Gasteiger partial charge on any atom is 0.263 e. The zero-order valence-corrected chi connectivity index (χ0v) is 15.3. The molecule has 146 valence electrons. The molecule has 7 nitrogen and oxygen atoms in total. The predicted octanol–water partition coefficient (Wildman–Crippen LogP) is 1.49. The van der Waals surface area contributed by atoms with Crippen molar-refractivity contribution < 1.29 is 24.5 Å². The number of rotatable bonds is 2. The number of aromatic nitrogens is 1. The molecule has 29 heavy (non-hydrogen) atoms. The quantitative estimate of drug-likeness (QED) is 0.615. The summed E-state index contributed by atoms with van der Waals surface area (Å²) >= 11 is 0. The summed E-state index contributed by atoms with van der Waals surface area (Å²) in [6, 6.07) is 14.4. The standard InChI is InChI=1S/C22H18N2O5/c25-11-12-9-21(28)19(29-12)22(15-10-23-16-7-3-1-5-13(15)16)18(26)14-6-2-4-8-17(14)24(22)20(21)27/h1-8,10,12,19,23,25,28H,9,11H2/t12-,19+,21+,22+/m1/s1. The van der Waals surface area contributed by atoms with E-state index in [1.807, 2.05) is 24.3 Å². The van der Waals surface area contributed by atoms with Crippen molar-refractivity contribution in [3.63, 3.8) is 0 Å². The molecule has 4 atom stereocenters. The summed E-state index contributed by atoms with van der Waals surface area (Å²) in [5.41, 5.74) is -1.11. The molecule has 3 N–H and O–H groups in total. The van der Waals surface area contributed by atoms with Crippen LogP contribution < -0.4 is 4.90 Å². The van der Waals surface area contributed by atoms with Gasteiger partial charge in [-0.1, -0.05) is 30.3 Å². The van der Waals surface area contributed by atoms with E-state index < -0.39 is 29.3 Å². The molecular formula is C22H18N2O5. The van der Waals surface area contributed by atoms with Gasteiger partial charge in [0.05, 0.1) is 18.4 Å². The van der Waals surface area contributed by atoms with E-state index >= 15 is 0 Å². The summed E-state index contributed by atoms with van der Waals surface area (Å²) in [6.45, 7) is -0.336. The SMILES string of the molecule is O=C1N2c3ccccc3C(=O)[C@@]2(c2c[nH]c3ccccc23)[C@H]2O[C@@H](CO)C[C@@]12O. The number of carbonyl (C=O) groups is 2. The highest BCUT2D eigenvalue weighted by molar-refractivity contribution is 6.26. The van der Waals surface area contributed by atoms with E-state index in [4.69, 9.17) is 4.74 Å². The number of hydrogen-bond acceptors (Lipinski definition) is 5. The first-order valence-corrected chi connectivity index (χ1v) is 9.57. The normalized spacial score (nSPS) is 32.7. The van der Waals surface area contributed by atoms with E-state index in [9.17, 15) is 19.8 Å². The molecule has 2 aromatic carbocycles. The zero-order chi connectivity index (χ0) is 20.0. The fraction of sp³-hybridized carbons (Fsp3) is 0.273. The first-order valence-electron chi connectivity index (χ1n) is 9.57. The van der Waals surface area contributed by atoms with Crippen molar-refractivity contribution in [1.82, 2.24) is 4.98 Å². The molecule has 0 saturated carbocycles. The fourth-order valence-electron chi connectivity index (χ4n) is 5.39. The van der Waals surface area contributed by atoms with Crippen molar-refractivity contribution in [3.05, 3.63) is 65.9 Å². The maximum absolute atomic E-state index is 13.9. The molecule has 7 heteroatoms. The summed E-state index contributed by atoms with van der Waals surface area (Å²) < 4.78 is 6.00. The third-order valence-corrected chi connectivity index (χ3v) is 6.55. The van der Waals surface area contributed by atoms with Crippen LogP contribution in [0.4, 0.5) is 5.69 Å². The van der Waals surface area contributed by atoms with Gasteiger partial charge in [-0.2, -0.15) is 0 Å². The molecule has 3 aliphatic heterocycles. The lowest BCUT2D eigenvalue weighted by molar-refractivity contribution is -0.135. The van der Waals surface area contributed by atoms with Crippen LogP contribution in [0.25, 0.3) is 10.9 Å². The molecule has 0 unspecified atom stereocenters. The smallest absolute Gasteiger partial charge is 0.263 e. The second kappa shape index (κ2) is 5.33. The van der Waals surface area contributed by atoms with Crippen LogP contribution >= 0.6 is 0 Å². The van der Waals surface area contributed by atoms with Crippen molar-refractivity contribution in [3.8, 4) is 0 Å². The topological polar surface area (TPSA) is 103 Å². The molecule has 3 aliphatic rings. The number of carbonyl (C=O) groups excluding carboxylic acids is 2. The Morgan fingerprint density at radius 3 is 2.72 bits per heavy atom. The number of aliphatic hydroxyl groups excluding tert-OH is 1.